The summed E-state index contributed by atoms with van der Waals surface area (Å²) in [5, 5.41) is 23.9. The van der Waals surface area contributed by atoms with Gasteiger partial charge in [0.25, 0.3) is 0 Å². The zero-order valence-corrected chi connectivity index (χ0v) is 20.6. The number of esters is 1. The topological polar surface area (TPSA) is 136 Å². The lowest BCUT2D eigenvalue weighted by atomic mass is 9.36. The van der Waals surface area contributed by atoms with E-state index in [1.165, 1.54) is 0 Å². The highest BCUT2D eigenvalue weighted by Gasteiger charge is 2.88. The fourth-order valence-corrected chi connectivity index (χ4v) is 9.34. The highest BCUT2D eigenvalue weighted by molar-refractivity contribution is 6.06. The predicted molar refractivity (Wildman–Crippen MR) is 123 cm³/mol. The smallest absolute Gasteiger partial charge is 0.309 e. The van der Waals surface area contributed by atoms with Crippen LogP contribution in [0.3, 0.4) is 0 Å². The van der Waals surface area contributed by atoms with E-state index in [4.69, 9.17) is 15.2 Å². The maximum absolute atomic E-state index is 14.1. The van der Waals surface area contributed by atoms with Gasteiger partial charge in [-0.25, -0.2) is 0 Å². The van der Waals surface area contributed by atoms with Crippen LogP contribution in [0.5, 0.6) is 0 Å². The number of carbonyl (C=O) groups excluding carboxylic acids is 3. The van der Waals surface area contributed by atoms with E-state index in [0.29, 0.717) is 44.1 Å². The quantitative estimate of drug-likeness (QED) is 0.395. The molecule has 0 radical (unpaired) electrons. The van der Waals surface area contributed by atoms with Gasteiger partial charge in [-0.05, 0) is 61.9 Å². The molecule has 0 unspecified atom stereocenters. The summed E-state index contributed by atoms with van der Waals surface area (Å²) in [6.45, 7) is 8.03. The third-order valence-electron chi connectivity index (χ3n) is 11.0. The molecule has 0 aromatic rings. The summed E-state index contributed by atoms with van der Waals surface area (Å²) in [7, 11) is 0. The van der Waals surface area contributed by atoms with Crippen molar-refractivity contribution >= 4 is 17.5 Å². The number of ether oxygens (including phenoxy) is 2. The molecule has 4 N–H and O–H groups in total. The number of Topliss-reactive ketones (excluding diaryl/α,β-unsaturated/α-hetero) is 2. The molecular formula is C27H37NO7. The van der Waals surface area contributed by atoms with Crippen LogP contribution in [0.4, 0.5) is 0 Å². The van der Waals surface area contributed by atoms with Gasteiger partial charge in [0.2, 0.25) is 5.79 Å². The number of fused-ring (bicyclic) bond motifs is 2. The van der Waals surface area contributed by atoms with E-state index >= 15 is 0 Å². The Morgan fingerprint density at radius 1 is 1.14 bits per heavy atom. The maximum atomic E-state index is 14.1. The Balaban J connectivity index is 1.48. The van der Waals surface area contributed by atoms with Crippen LogP contribution in [-0.4, -0.2) is 58.4 Å². The van der Waals surface area contributed by atoms with Crippen molar-refractivity contribution < 1.29 is 34.1 Å². The summed E-state index contributed by atoms with van der Waals surface area (Å²) >= 11 is 0. The van der Waals surface area contributed by atoms with Gasteiger partial charge in [0, 0.05) is 24.3 Å². The number of ketones is 2. The number of hydrogen-bond donors (Lipinski definition) is 3. The molecule has 0 aromatic heterocycles. The van der Waals surface area contributed by atoms with Gasteiger partial charge in [-0.2, -0.15) is 0 Å². The molecule has 5 saturated carbocycles. The molecule has 7 aliphatic rings. The van der Waals surface area contributed by atoms with E-state index < -0.39 is 63.7 Å². The minimum atomic E-state index is -2.26. The molecular weight excluding hydrogens is 450 g/mol. The zero-order valence-electron chi connectivity index (χ0n) is 20.6. The lowest BCUT2D eigenvalue weighted by Crippen LogP contribution is -2.85. The minimum Gasteiger partial charge on any atom is -0.460 e. The van der Waals surface area contributed by atoms with Crippen LogP contribution in [0.25, 0.3) is 0 Å². The van der Waals surface area contributed by atoms with E-state index in [1.807, 2.05) is 13.8 Å². The van der Waals surface area contributed by atoms with Crippen molar-refractivity contribution in [1.29, 1.82) is 0 Å². The van der Waals surface area contributed by atoms with Crippen LogP contribution in [0.1, 0.15) is 65.2 Å². The van der Waals surface area contributed by atoms with Crippen LogP contribution in [-0.2, 0) is 23.9 Å². The number of nitrogens with two attached hydrogens (primary N) is 1. The Labute approximate surface area is 205 Å². The third kappa shape index (κ3) is 2.59. The number of aliphatic hydroxyl groups excluding tert-OH is 1. The van der Waals surface area contributed by atoms with Crippen LogP contribution in [0.15, 0.2) is 12.2 Å². The highest BCUT2D eigenvalue weighted by Crippen LogP contribution is 2.76. The van der Waals surface area contributed by atoms with E-state index in [2.05, 4.69) is 6.58 Å². The maximum Gasteiger partial charge on any atom is 0.309 e. The largest absolute Gasteiger partial charge is 0.460 e. The normalized spacial score (nSPS) is 52.1. The number of carbonyl (C=O) groups is 3. The first kappa shape index (κ1) is 23.8. The lowest BCUT2D eigenvalue weighted by Gasteiger charge is -2.73. The first-order valence-electron chi connectivity index (χ1n) is 13.2. The van der Waals surface area contributed by atoms with Gasteiger partial charge in [-0.1, -0.05) is 20.4 Å². The van der Waals surface area contributed by atoms with Crippen molar-refractivity contribution in [3.8, 4) is 0 Å². The number of aliphatic hydroxyl groups is 2. The monoisotopic (exact) mass is 487 g/mol. The van der Waals surface area contributed by atoms with E-state index in [-0.39, 0.29) is 24.3 Å². The second-order valence-corrected chi connectivity index (χ2v) is 12.8. The molecule has 8 heteroatoms. The van der Waals surface area contributed by atoms with Crippen LogP contribution < -0.4 is 5.73 Å². The molecule has 7 fully saturated rings. The molecule has 8 nitrogen and oxygen atoms in total. The Morgan fingerprint density at radius 2 is 1.83 bits per heavy atom. The molecule has 2 heterocycles. The molecule has 7 rings (SSSR count). The van der Waals surface area contributed by atoms with Crippen LogP contribution in [0.2, 0.25) is 0 Å². The SMILES string of the molecule is C=C1C(=O)[C@]23[C@H](OC(=O)C4CCC(N)CC4)[C@H]1CC[C@H]2[C@@]12CO[C@@]3(O)[C@@H](O)[C@@H]1C(C)(C)CCC2=O. The molecule has 4 bridgehead atoms. The van der Waals surface area contributed by atoms with Crippen molar-refractivity contribution in [2.24, 2.45) is 45.7 Å². The van der Waals surface area contributed by atoms with Crippen molar-refractivity contribution in [2.75, 3.05) is 6.61 Å². The molecule has 0 amide bonds. The predicted octanol–water partition coefficient (Wildman–Crippen LogP) is 1.65. The molecule has 0 aromatic carbocycles. The summed E-state index contributed by atoms with van der Waals surface area (Å²) in [4.78, 5) is 41.2. The molecule has 5 aliphatic carbocycles. The Morgan fingerprint density at radius 3 is 2.51 bits per heavy atom. The standard InChI is InChI=1S/C27H37NO7/c1-13-16-8-9-17-25-12-34-27(33,21(31)19(25)24(2,3)11-10-18(25)29)26(17,20(13)30)22(16)35-23(32)14-4-6-15(28)7-5-14/h14-17,19,21-22,31,33H,1,4-12,28H2,2-3H3/t14?,15?,16-,17-,19+,21-,22+,25+,26-,27-/m0/s1. The second kappa shape index (κ2) is 7.24. The lowest BCUT2D eigenvalue weighted by molar-refractivity contribution is -0.437. The van der Waals surface area contributed by atoms with Gasteiger partial charge in [0.05, 0.1) is 17.9 Å². The molecule has 2 aliphatic heterocycles. The second-order valence-electron chi connectivity index (χ2n) is 12.8. The summed E-state index contributed by atoms with van der Waals surface area (Å²) in [5.74, 6) is -5.04. The molecule has 2 saturated heterocycles. The van der Waals surface area contributed by atoms with Gasteiger partial charge < -0.3 is 25.4 Å². The van der Waals surface area contributed by atoms with Crippen molar-refractivity contribution in [2.45, 2.75) is 89.3 Å². The fourth-order valence-electron chi connectivity index (χ4n) is 9.34. The Kier molecular flexibility index (Phi) is 4.92. The zero-order chi connectivity index (χ0) is 25.1. The highest BCUT2D eigenvalue weighted by atomic mass is 16.6. The summed E-state index contributed by atoms with van der Waals surface area (Å²) in [5.41, 5.74) is 3.03. The number of hydrogen-bond acceptors (Lipinski definition) is 8. The molecule has 192 valence electrons. The van der Waals surface area contributed by atoms with Gasteiger partial charge in [0.1, 0.15) is 23.4 Å². The van der Waals surface area contributed by atoms with E-state index in [9.17, 15) is 24.6 Å². The van der Waals surface area contributed by atoms with E-state index in [0.717, 1.165) is 12.8 Å². The molecule has 8 atom stereocenters. The van der Waals surface area contributed by atoms with Gasteiger partial charge in [-0.3, -0.25) is 14.4 Å². The minimum absolute atomic E-state index is 0.0258. The summed E-state index contributed by atoms with van der Waals surface area (Å²) < 4.78 is 12.2. The summed E-state index contributed by atoms with van der Waals surface area (Å²) in [6, 6.07) is 0.0734. The van der Waals surface area contributed by atoms with E-state index in [1.54, 1.807) is 0 Å². The fraction of sp³-hybridized carbons (Fsp3) is 0.815. The third-order valence-corrected chi connectivity index (χ3v) is 11.0. The average molecular weight is 488 g/mol. The first-order valence-corrected chi connectivity index (χ1v) is 13.2. The van der Waals surface area contributed by atoms with Crippen LogP contribution in [0, 0.1) is 39.9 Å². The average Bonchev–Trinajstić information content (AvgIpc) is 2.93. The number of rotatable bonds is 2. The van der Waals surface area contributed by atoms with Gasteiger partial charge in [-0.15, -0.1) is 0 Å². The molecule has 35 heavy (non-hydrogen) atoms. The van der Waals surface area contributed by atoms with Crippen LogP contribution >= 0.6 is 0 Å². The Hall–Kier alpha value is -1.61. The Bertz CT molecular complexity index is 1010. The van der Waals surface area contributed by atoms with Crippen molar-refractivity contribution in [3.05, 3.63) is 12.2 Å². The van der Waals surface area contributed by atoms with Gasteiger partial charge in [0.15, 0.2) is 5.78 Å². The van der Waals surface area contributed by atoms with Gasteiger partial charge >= 0.3 is 5.97 Å². The summed E-state index contributed by atoms with van der Waals surface area (Å²) in [6.07, 6.45) is 2.19. The first-order chi connectivity index (χ1) is 16.4. The van der Waals surface area contributed by atoms with Crippen molar-refractivity contribution in [1.82, 2.24) is 0 Å². The molecule has 2 spiro atoms. The van der Waals surface area contributed by atoms with Crippen molar-refractivity contribution in [3.63, 3.8) is 0 Å².